The lowest BCUT2D eigenvalue weighted by molar-refractivity contribution is -0.121. The van der Waals surface area contributed by atoms with E-state index >= 15 is 0 Å². The zero-order chi connectivity index (χ0) is 17.9. The highest BCUT2D eigenvalue weighted by Crippen LogP contribution is 2.42. The van der Waals surface area contributed by atoms with Crippen LogP contribution < -0.4 is 14.8 Å². The van der Waals surface area contributed by atoms with Crippen LogP contribution in [-0.2, 0) is 10.2 Å². The largest absolute Gasteiger partial charge is 0.497 e. The molecule has 0 aromatic heterocycles. The van der Waals surface area contributed by atoms with Gasteiger partial charge in [-0.1, -0.05) is 36.6 Å². The highest BCUT2D eigenvalue weighted by atomic mass is 35.5. The fourth-order valence-electron chi connectivity index (χ4n) is 3.52. The molecule has 2 aromatic carbocycles. The summed E-state index contributed by atoms with van der Waals surface area (Å²) in [4.78, 5) is 13.2. The van der Waals surface area contributed by atoms with Crippen LogP contribution in [0.25, 0.3) is 0 Å². The van der Waals surface area contributed by atoms with Crippen molar-refractivity contribution in [2.45, 2.75) is 31.1 Å². The van der Waals surface area contributed by atoms with Crippen LogP contribution in [-0.4, -0.2) is 20.1 Å². The van der Waals surface area contributed by atoms with Crippen LogP contribution in [0.3, 0.4) is 0 Å². The minimum Gasteiger partial charge on any atom is -0.497 e. The SMILES string of the molecule is COc1cc(NC(=O)C2(c3ccc(Cl)cc3)CCCC2)cc(OC)c1. The van der Waals surface area contributed by atoms with Crippen molar-refractivity contribution in [1.29, 1.82) is 0 Å². The molecule has 1 fully saturated rings. The lowest BCUT2D eigenvalue weighted by atomic mass is 9.78. The number of hydrogen-bond donors (Lipinski definition) is 1. The minimum atomic E-state index is -0.513. The van der Waals surface area contributed by atoms with Crippen LogP contribution in [0.1, 0.15) is 31.2 Å². The molecule has 0 heterocycles. The van der Waals surface area contributed by atoms with Crippen molar-refractivity contribution in [3.05, 3.63) is 53.1 Å². The van der Waals surface area contributed by atoms with Gasteiger partial charge < -0.3 is 14.8 Å². The third kappa shape index (κ3) is 3.59. The number of ether oxygens (including phenoxy) is 2. The summed E-state index contributed by atoms with van der Waals surface area (Å²) < 4.78 is 10.6. The average molecular weight is 360 g/mol. The van der Waals surface area contributed by atoms with E-state index in [1.54, 1.807) is 32.4 Å². The van der Waals surface area contributed by atoms with Gasteiger partial charge in [-0.3, -0.25) is 4.79 Å². The second kappa shape index (κ2) is 7.36. The highest BCUT2D eigenvalue weighted by Gasteiger charge is 2.42. The molecule has 1 N–H and O–H groups in total. The van der Waals surface area contributed by atoms with Crippen molar-refractivity contribution >= 4 is 23.2 Å². The van der Waals surface area contributed by atoms with Gasteiger partial charge in [0.2, 0.25) is 5.91 Å². The molecule has 1 aliphatic carbocycles. The summed E-state index contributed by atoms with van der Waals surface area (Å²) in [5.74, 6) is 1.28. The normalized spacial score (nSPS) is 15.6. The molecular formula is C20H22ClNO3. The monoisotopic (exact) mass is 359 g/mol. The Labute approximate surface area is 153 Å². The van der Waals surface area contributed by atoms with E-state index in [1.165, 1.54) is 0 Å². The standard InChI is InChI=1S/C20H22ClNO3/c1-24-17-11-16(12-18(13-17)25-2)22-19(23)20(9-3-4-10-20)14-5-7-15(21)8-6-14/h5-8,11-13H,3-4,9-10H2,1-2H3,(H,22,23). The van der Waals surface area contributed by atoms with Gasteiger partial charge >= 0.3 is 0 Å². The minimum absolute atomic E-state index is 0.00243. The molecule has 0 spiro atoms. The topological polar surface area (TPSA) is 47.6 Å². The summed E-state index contributed by atoms with van der Waals surface area (Å²) in [6, 6.07) is 13.0. The summed E-state index contributed by atoms with van der Waals surface area (Å²) in [5, 5.41) is 3.73. The van der Waals surface area contributed by atoms with Gasteiger partial charge in [0.25, 0.3) is 0 Å². The van der Waals surface area contributed by atoms with Gasteiger partial charge in [0.05, 0.1) is 19.6 Å². The number of carbonyl (C=O) groups is 1. The lowest BCUT2D eigenvalue weighted by Gasteiger charge is -2.28. The number of methoxy groups -OCH3 is 2. The molecule has 0 saturated heterocycles. The van der Waals surface area contributed by atoms with E-state index in [0.717, 1.165) is 31.2 Å². The number of amides is 1. The van der Waals surface area contributed by atoms with E-state index in [-0.39, 0.29) is 5.91 Å². The molecule has 5 heteroatoms. The number of anilines is 1. The molecule has 0 aliphatic heterocycles. The first-order chi connectivity index (χ1) is 12.1. The van der Waals surface area contributed by atoms with Gasteiger partial charge in [0.1, 0.15) is 11.5 Å². The summed E-state index contributed by atoms with van der Waals surface area (Å²) in [6.07, 6.45) is 3.75. The summed E-state index contributed by atoms with van der Waals surface area (Å²) in [7, 11) is 3.18. The summed E-state index contributed by atoms with van der Waals surface area (Å²) >= 11 is 6.01. The second-order valence-corrected chi connectivity index (χ2v) is 6.79. The third-order valence-corrected chi connectivity index (χ3v) is 5.15. The Morgan fingerprint density at radius 3 is 2.08 bits per heavy atom. The third-order valence-electron chi connectivity index (χ3n) is 4.90. The lowest BCUT2D eigenvalue weighted by Crippen LogP contribution is -2.38. The van der Waals surface area contributed by atoms with Gasteiger partial charge in [0, 0.05) is 28.9 Å². The van der Waals surface area contributed by atoms with Gasteiger partial charge in [0.15, 0.2) is 0 Å². The molecule has 1 saturated carbocycles. The number of halogens is 1. The zero-order valence-electron chi connectivity index (χ0n) is 14.5. The maximum atomic E-state index is 13.2. The number of hydrogen-bond acceptors (Lipinski definition) is 3. The maximum Gasteiger partial charge on any atom is 0.235 e. The summed E-state index contributed by atoms with van der Waals surface area (Å²) in [6.45, 7) is 0. The van der Waals surface area contributed by atoms with Crippen molar-refractivity contribution in [3.8, 4) is 11.5 Å². The van der Waals surface area contributed by atoms with Crippen LogP contribution in [0.4, 0.5) is 5.69 Å². The Bertz CT molecular complexity index is 730. The molecule has 132 valence electrons. The molecule has 0 unspecified atom stereocenters. The fourth-order valence-corrected chi connectivity index (χ4v) is 3.65. The van der Waals surface area contributed by atoms with E-state index < -0.39 is 5.41 Å². The Morgan fingerprint density at radius 2 is 1.56 bits per heavy atom. The van der Waals surface area contributed by atoms with Crippen LogP contribution in [0.2, 0.25) is 5.02 Å². The number of carbonyl (C=O) groups excluding carboxylic acids is 1. The van der Waals surface area contributed by atoms with Crippen LogP contribution in [0.15, 0.2) is 42.5 Å². The molecule has 0 bridgehead atoms. The number of rotatable bonds is 5. The Balaban J connectivity index is 1.91. The van der Waals surface area contributed by atoms with Crippen molar-refractivity contribution in [1.82, 2.24) is 0 Å². The number of benzene rings is 2. The Hall–Kier alpha value is -2.20. The van der Waals surface area contributed by atoms with Crippen LogP contribution in [0, 0.1) is 0 Å². The maximum absolute atomic E-state index is 13.2. The summed E-state index contributed by atoms with van der Waals surface area (Å²) in [5.41, 5.74) is 1.17. The molecule has 4 nitrogen and oxygen atoms in total. The quantitative estimate of drug-likeness (QED) is 0.833. The van der Waals surface area contributed by atoms with Crippen LogP contribution >= 0.6 is 11.6 Å². The van der Waals surface area contributed by atoms with Crippen molar-refractivity contribution in [2.24, 2.45) is 0 Å². The fraction of sp³-hybridized carbons (Fsp3) is 0.350. The second-order valence-electron chi connectivity index (χ2n) is 6.35. The average Bonchev–Trinajstić information content (AvgIpc) is 3.13. The van der Waals surface area contributed by atoms with E-state index in [2.05, 4.69) is 5.32 Å². The van der Waals surface area contributed by atoms with E-state index in [1.807, 2.05) is 24.3 Å². The molecule has 1 amide bonds. The van der Waals surface area contributed by atoms with Gasteiger partial charge in [-0.15, -0.1) is 0 Å². The Morgan fingerprint density at radius 1 is 1.00 bits per heavy atom. The first-order valence-electron chi connectivity index (χ1n) is 8.38. The first-order valence-corrected chi connectivity index (χ1v) is 8.76. The predicted octanol–water partition coefficient (Wildman–Crippen LogP) is 4.81. The predicted molar refractivity (Wildman–Crippen MR) is 99.8 cm³/mol. The van der Waals surface area contributed by atoms with Gasteiger partial charge in [-0.25, -0.2) is 0 Å². The molecule has 1 aliphatic rings. The molecule has 0 atom stereocenters. The van der Waals surface area contributed by atoms with Crippen molar-refractivity contribution in [2.75, 3.05) is 19.5 Å². The Kier molecular flexibility index (Phi) is 5.19. The van der Waals surface area contributed by atoms with Gasteiger partial charge in [-0.2, -0.15) is 0 Å². The molecule has 25 heavy (non-hydrogen) atoms. The molecule has 3 rings (SSSR count). The van der Waals surface area contributed by atoms with E-state index in [0.29, 0.717) is 22.2 Å². The zero-order valence-corrected chi connectivity index (χ0v) is 15.2. The van der Waals surface area contributed by atoms with Crippen LogP contribution in [0.5, 0.6) is 11.5 Å². The molecule has 2 aromatic rings. The molecular weight excluding hydrogens is 338 g/mol. The van der Waals surface area contributed by atoms with Crippen molar-refractivity contribution in [3.63, 3.8) is 0 Å². The van der Waals surface area contributed by atoms with E-state index in [4.69, 9.17) is 21.1 Å². The first kappa shape index (κ1) is 17.6. The number of nitrogens with one attached hydrogen (secondary N) is 1. The smallest absolute Gasteiger partial charge is 0.235 e. The van der Waals surface area contributed by atoms with Crippen molar-refractivity contribution < 1.29 is 14.3 Å². The highest BCUT2D eigenvalue weighted by molar-refractivity contribution is 6.30. The molecule has 0 radical (unpaired) electrons. The van der Waals surface area contributed by atoms with E-state index in [9.17, 15) is 4.79 Å². The van der Waals surface area contributed by atoms with Gasteiger partial charge in [-0.05, 0) is 30.5 Å².